The van der Waals surface area contributed by atoms with E-state index in [9.17, 15) is 9.59 Å². The molecule has 0 aliphatic heterocycles. The molecule has 0 atom stereocenters. The number of pyridine rings is 1. The lowest BCUT2D eigenvalue weighted by Gasteiger charge is -2.12. The molecule has 0 aliphatic rings. The molecular weight excluding hydrogens is 406 g/mol. The number of carbonyl (C=O) groups excluding carboxylic acids is 1. The lowest BCUT2D eigenvalue weighted by Crippen LogP contribution is -2.16. The third-order valence-corrected chi connectivity index (χ3v) is 4.87. The lowest BCUT2D eigenvalue weighted by atomic mass is 10.1. The molecule has 0 spiro atoms. The molecule has 0 aliphatic carbocycles. The molecule has 1 N–H and O–H groups in total. The summed E-state index contributed by atoms with van der Waals surface area (Å²) >= 11 is 0. The minimum absolute atomic E-state index is 0.137. The summed E-state index contributed by atoms with van der Waals surface area (Å²) in [5, 5.41) is 2.88. The maximum Gasteiger partial charge on any atom is 0.258 e. The molecule has 4 rings (SSSR count). The zero-order valence-electron chi connectivity index (χ0n) is 17.9. The number of ether oxygens (including phenoxy) is 2. The first-order chi connectivity index (χ1) is 15.5. The van der Waals surface area contributed by atoms with Crippen molar-refractivity contribution in [2.75, 3.05) is 11.9 Å². The van der Waals surface area contributed by atoms with E-state index in [0.717, 1.165) is 11.3 Å². The van der Waals surface area contributed by atoms with Crippen molar-refractivity contribution in [3.63, 3.8) is 0 Å². The third kappa shape index (κ3) is 4.78. The van der Waals surface area contributed by atoms with E-state index < -0.39 is 0 Å². The molecule has 7 heteroatoms. The molecule has 0 bridgehead atoms. The maximum atomic E-state index is 12.6. The van der Waals surface area contributed by atoms with Crippen LogP contribution in [0.2, 0.25) is 0 Å². The van der Waals surface area contributed by atoms with Crippen molar-refractivity contribution < 1.29 is 14.3 Å². The summed E-state index contributed by atoms with van der Waals surface area (Å²) in [6, 6.07) is 19.2. The average molecular weight is 429 g/mol. The Labute approximate surface area is 185 Å². The lowest BCUT2D eigenvalue weighted by molar-refractivity contribution is 0.102. The average Bonchev–Trinajstić information content (AvgIpc) is 2.80. The van der Waals surface area contributed by atoms with Crippen LogP contribution < -0.4 is 20.3 Å². The van der Waals surface area contributed by atoms with E-state index in [2.05, 4.69) is 10.3 Å². The van der Waals surface area contributed by atoms with Gasteiger partial charge in [-0.1, -0.05) is 12.1 Å². The Morgan fingerprint density at radius 3 is 2.62 bits per heavy atom. The summed E-state index contributed by atoms with van der Waals surface area (Å²) in [7, 11) is 0. The summed E-state index contributed by atoms with van der Waals surface area (Å²) in [6.07, 6.45) is 1.68. The van der Waals surface area contributed by atoms with Crippen LogP contribution in [-0.2, 0) is 6.61 Å². The maximum absolute atomic E-state index is 12.6. The number of amides is 1. The highest BCUT2D eigenvalue weighted by atomic mass is 16.5. The normalized spacial score (nSPS) is 10.7. The number of aryl methyl sites for hydroxylation is 1. The van der Waals surface area contributed by atoms with E-state index in [4.69, 9.17) is 9.47 Å². The van der Waals surface area contributed by atoms with E-state index in [0.29, 0.717) is 34.9 Å². The number of carbonyl (C=O) groups is 1. The first-order valence-corrected chi connectivity index (χ1v) is 10.3. The van der Waals surface area contributed by atoms with E-state index in [1.165, 1.54) is 10.5 Å². The minimum Gasteiger partial charge on any atom is -0.494 e. The summed E-state index contributed by atoms with van der Waals surface area (Å²) in [5.41, 5.74) is 2.97. The van der Waals surface area contributed by atoms with Crippen LogP contribution in [0.15, 0.2) is 77.7 Å². The van der Waals surface area contributed by atoms with Crippen molar-refractivity contribution in [3.05, 3.63) is 100 Å². The Morgan fingerprint density at radius 2 is 1.84 bits per heavy atom. The highest BCUT2D eigenvalue weighted by Crippen LogP contribution is 2.24. The van der Waals surface area contributed by atoms with Gasteiger partial charge in [0.2, 0.25) is 0 Å². The van der Waals surface area contributed by atoms with Crippen molar-refractivity contribution in [1.29, 1.82) is 0 Å². The molecule has 0 saturated heterocycles. The Hall–Kier alpha value is -4.13. The number of rotatable bonds is 7. The Kier molecular flexibility index (Phi) is 6.17. The molecule has 0 unspecified atom stereocenters. The van der Waals surface area contributed by atoms with Crippen LogP contribution in [0.5, 0.6) is 11.5 Å². The fourth-order valence-electron chi connectivity index (χ4n) is 3.23. The number of anilines is 1. The van der Waals surface area contributed by atoms with Crippen molar-refractivity contribution in [3.8, 4) is 11.5 Å². The number of aromatic nitrogens is 2. The van der Waals surface area contributed by atoms with E-state index in [1.807, 2.05) is 32.0 Å². The Bertz CT molecular complexity index is 1310. The molecule has 32 heavy (non-hydrogen) atoms. The Morgan fingerprint density at radius 1 is 1.03 bits per heavy atom. The van der Waals surface area contributed by atoms with Gasteiger partial charge >= 0.3 is 0 Å². The first-order valence-electron chi connectivity index (χ1n) is 10.3. The van der Waals surface area contributed by atoms with Gasteiger partial charge in [0, 0.05) is 29.6 Å². The number of nitrogens with zero attached hydrogens (tertiary/aromatic N) is 2. The van der Waals surface area contributed by atoms with Gasteiger partial charge in [-0.2, -0.15) is 0 Å². The van der Waals surface area contributed by atoms with Gasteiger partial charge in [0.05, 0.1) is 12.3 Å². The predicted molar refractivity (Wildman–Crippen MR) is 123 cm³/mol. The standard InChI is InChI=1S/C25H23N3O4/c1-3-31-21-11-8-18(9-12-21)25(30)27-19-10-7-17(2)22(14-19)32-16-20-15-24(29)28-13-5-4-6-23(28)26-20/h4-15H,3,16H2,1-2H3,(H,27,30). The molecular formula is C25H23N3O4. The second kappa shape index (κ2) is 9.34. The molecule has 4 aromatic rings. The number of benzene rings is 2. The Balaban J connectivity index is 1.47. The SMILES string of the molecule is CCOc1ccc(C(=O)Nc2ccc(C)c(OCc3cc(=O)n4ccccc4n3)c2)cc1. The highest BCUT2D eigenvalue weighted by Gasteiger charge is 2.10. The second-order valence-electron chi connectivity index (χ2n) is 7.20. The van der Waals surface area contributed by atoms with Crippen molar-refractivity contribution >= 4 is 17.2 Å². The van der Waals surface area contributed by atoms with Crippen LogP contribution in [0, 0.1) is 6.92 Å². The van der Waals surface area contributed by atoms with Gasteiger partial charge in [0.1, 0.15) is 23.8 Å². The molecule has 1 amide bonds. The smallest absolute Gasteiger partial charge is 0.258 e. The summed E-state index contributed by atoms with van der Waals surface area (Å²) in [5.74, 6) is 1.09. The molecule has 162 valence electrons. The molecule has 2 aromatic carbocycles. The molecule has 0 saturated carbocycles. The summed E-state index contributed by atoms with van der Waals surface area (Å²) in [4.78, 5) is 29.3. The van der Waals surface area contributed by atoms with Crippen molar-refractivity contribution in [1.82, 2.24) is 9.38 Å². The van der Waals surface area contributed by atoms with Gasteiger partial charge in [-0.05, 0) is 61.9 Å². The molecule has 7 nitrogen and oxygen atoms in total. The molecule has 0 radical (unpaired) electrons. The third-order valence-electron chi connectivity index (χ3n) is 4.87. The van der Waals surface area contributed by atoms with Crippen LogP contribution in [0.4, 0.5) is 5.69 Å². The topological polar surface area (TPSA) is 81.9 Å². The van der Waals surface area contributed by atoms with E-state index >= 15 is 0 Å². The number of hydrogen-bond acceptors (Lipinski definition) is 5. The molecule has 2 aromatic heterocycles. The largest absolute Gasteiger partial charge is 0.494 e. The zero-order chi connectivity index (χ0) is 22.5. The fraction of sp³-hybridized carbons (Fsp3) is 0.160. The van der Waals surface area contributed by atoms with Crippen molar-refractivity contribution in [2.45, 2.75) is 20.5 Å². The van der Waals surface area contributed by atoms with Crippen LogP contribution in [0.1, 0.15) is 28.5 Å². The van der Waals surface area contributed by atoms with Crippen molar-refractivity contribution in [2.24, 2.45) is 0 Å². The monoisotopic (exact) mass is 429 g/mol. The number of hydrogen-bond donors (Lipinski definition) is 1. The van der Waals surface area contributed by atoms with Gasteiger partial charge in [0.25, 0.3) is 11.5 Å². The first kappa shape index (κ1) is 21.1. The van der Waals surface area contributed by atoms with Gasteiger partial charge in [-0.25, -0.2) is 4.98 Å². The van der Waals surface area contributed by atoms with Gasteiger partial charge in [0.15, 0.2) is 0 Å². The van der Waals surface area contributed by atoms with Gasteiger partial charge in [-0.3, -0.25) is 14.0 Å². The second-order valence-corrected chi connectivity index (χ2v) is 7.20. The predicted octanol–water partition coefficient (Wildman–Crippen LogP) is 4.23. The summed E-state index contributed by atoms with van der Waals surface area (Å²) in [6.45, 7) is 4.53. The van der Waals surface area contributed by atoms with Gasteiger partial charge in [-0.15, -0.1) is 0 Å². The zero-order valence-corrected chi connectivity index (χ0v) is 17.9. The quantitative estimate of drug-likeness (QED) is 0.475. The van der Waals surface area contributed by atoms with Gasteiger partial charge < -0.3 is 14.8 Å². The fourth-order valence-corrected chi connectivity index (χ4v) is 3.23. The van der Waals surface area contributed by atoms with E-state index in [-0.39, 0.29) is 18.1 Å². The van der Waals surface area contributed by atoms with Crippen LogP contribution >= 0.6 is 0 Å². The molecule has 2 heterocycles. The number of nitrogens with one attached hydrogen (secondary N) is 1. The summed E-state index contributed by atoms with van der Waals surface area (Å²) < 4.78 is 12.8. The van der Waals surface area contributed by atoms with E-state index in [1.54, 1.807) is 48.7 Å². The minimum atomic E-state index is -0.230. The van der Waals surface area contributed by atoms with Crippen LogP contribution in [0.25, 0.3) is 5.65 Å². The highest BCUT2D eigenvalue weighted by molar-refractivity contribution is 6.04. The number of fused-ring (bicyclic) bond motifs is 1. The van der Waals surface area contributed by atoms with Crippen LogP contribution in [-0.4, -0.2) is 21.9 Å². The van der Waals surface area contributed by atoms with Crippen LogP contribution in [0.3, 0.4) is 0 Å². The molecule has 0 fully saturated rings.